The van der Waals surface area contributed by atoms with Gasteiger partial charge in [-0.15, -0.1) is 0 Å². The predicted molar refractivity (Wildman–Crippen MR) is 82.8 cm³/mol. The topological polar surface area (TPSA) is 0 Å². The molecule has 23 heavy (non-hydrogen) atoms. The first-order valence-electron chi connectivity index (χ1n) is 8.44. The molecule has 4 saturated carbocycles. The van der Waals surface area contributed by atoms with Crippen LogP contribution in [0.4, 0.5) is 0 Å². The van der Waals surface area contributed by atoms with Crippen molar-refractivity contribution in [1.29, 1.82) is 0 Å². The van der Waals surface area contributed by atoms with Crippen LogP contribution in [0.3, 0.4) is 0 Å². The Morgan fingerprint density at radius 1 is 0.565 bits per heavy atom. The van der Waals surface area contributed by atoms with Gasteiger partial charge in [-0.1, -0.05) is 25.7 Å². The van der Waals surface area contributed by atoms with Crippen molar-refractivity contribution < 1.29 is 46.5 Å². The van der Waals surface area contributed by atoms with E-state index in [1.54, 1.807) is 35.5 Å². The Kier molecular flexibility index (Phi) is 10.1. The van der Waals surface area contributed by atoms with E-state index in [0.29, 0.717) is 0 Å². The van der Waals surface area contributed by atoms with E-state index in [9.17, 15) is 0 Å². The molecule has 0 unspecified atom stereocenters. The van der Waals surface area contributed by atoms with Crippen molar-refractivity contribution in [2.24, 2.45) is 0 Å². The molecule has 4 aliphatic carbocycles. The van der Waals surface area contributed by atoms with Crippen LogP contribution in [-0.2, 0) is 21.7 Å². The summed E-state index contributed by atoms with van der Waals surface area (Å²) in [5, 5.41) is 0. The van der Waals surface area contributed by atoms with Gasteiger partial charge in [0.2, 0.25) is 0 Å². The Balaban J connectivity index is 0.000000882. The van der Waals surface area contributed by atoms with Crippen molar-refractivity contribution >= 4 is 0 Å². The van der Waals surface area contributed by atoms with Crippen LogP contribution < -0.4 is 24.8 Å². The van der Waals surface area contributed by atoms with Crippen molar-refractivity contribution in [2.75, 3.05) is 0 Å². The van der Waals surface area contributed by atoms with Gasteiger partial charge in [0.15, 0.2) is 0 Å². The zero-order valence-electron chi connectivity index (χ0n) is 13.6. The van der Waals surface area contributed by atoms with Gasteiger partial charge in [0.1, 0.15) is 0 Å². The molecule has 4 fully saturated rings. The van der Waals surface area contributed by atoms with Gasteiger partial charge in [0.25, 0.3) is 0 Å². The van der Waals surface area contributed by atoms with Gasteiger partial charge < -0.3 is 24.8 Å². The molecule has 0 heterocycles. The third-order valence-corrected chi connectivity index (χ3v) is 5.43. The largest absolute Gasteiger partial charge is 4.00 e. The molecular formula is C20H24Cl2Ti+2. The summed E-state index contributed by atoms with van der Waals surface area (Å²) in [6, 6.07) is 0. The Morgan fingerprint density at radius 3 is 1.39 bits per heavy atom. The zero-order chi connectivity index (χ0) is 13.4. The molecule has 4 rings (SSSR count). The standard InChI is InChI=1S/C20H24.2ClH.Ti/c1-3-7-19-15(5-1)9-11-17(19)13-14-18-12-10-16-6-2-4-8-20(16)18;;;/h9-12H,1-8,13-14H2;2*1H;/q;;;+4/p-2. The maximum absolute atomic E-state index is 2.41. The number of hydrogen-bond acceptors (Lipinski definition) is 0. The van der Waals surface area contributed by atoms with Gasteiger partial charge in [0.05, 0.1) is 0 Å². The van der Waals surface area contributed by atoms with Crippen molar-refractivity contribution in [1.82, 2.24) is 0 Å². The summed E-state index contributed by atoms with van der Waals surface area (Å²) in [7, 11) is 0. The second kappa shape index (κ2) is 10.4. The van der Waals surface area contributed by atoms with Crippen molar-refractivity contribution in [3.8, 4) is 0 Å². The first-order valence-corrected chi connectivity index (χ1v) is 8.44. The Bertz CT molecular complexity index is 304. The van der Waals surface area contributed by atoms with Crippen molar-refractivity contribution in [2.45, 2.75) is 64.2 Å². The smallest absolute Gasteiger partial charge is 1.00 e. The monoisotopic (exact) mass is 382 g/mol. The number of fused-ring (bicyclic) bond motifs is 2. The minimum atomic E-state index is 0. The molecule has 4 aliphatic rings. The van der Waals surface area contributed by atoms with E-state index in [2.05, 4.69) is 25.7 Å². The van der Waals surface area contributed by atoms with E-state index in [0.717, 1.165) is 0 Å². The molecule has 0 aliphatic heterocycles. The van der Waals surface area contributed by atoms with Gasteiger partial charge >= 0.3 is 21.7 Å². The summed E-state index contributed by atoms with van der Waals surface area (Å²) in [6.07, 6.45) is 23.0. The Morgan fingerprint density at radius 2 is 0.957 bits per heavy atom. The molecule has 0 aromatic carbocycles. The maximum Gasteiger partial charge on any atom is 4.00 e. The first-order chi connectivity index (χ1) is 9.92. The summed E-state index contributed by atoms with van der Waals surface area (Å²) >= 11 is 0. The molecule has 0 bridgehead atoms. The van der Waals surface area contributed by atoms with Crippen molar-refractivity contribution in [3.63, 3.8) is 0 Å². The maximum atomic E-state index is 2.41. The fraction of sp³-hybridized carbons (Fsp3) is 0.500. The summed E-state index contributed by atoms with van der Waals surface area (Å²) in [6.45, 7) is 0. The molecule has 0 aromatic heterocycles. The second-order valence-corrected chi connectivity index (χ2v) is 6.64. The summed E-state index contributed by atoms with van der Waals surface area (Å²) in [5.74, 6) is 10.00. The number of halogens is 2. The van der Waals surface area contributed by atoms with Crippen LogP contribution >= 0.6 is 0 Å². The molecule has 0 aromatic rings. The minimum Gasteiger partial charge on any atom is -1.00 e. The van der Waals surface area contributed by atoms with E-state index in [1.165, 1.54) is 64.2 Å². The van der Waals surface area contributed by atoms with Crippen LogP contribution in [0.25, 0.3) is 0 Å². The van der Waals surface area contributed by atoms with E-state index in [-0.39, 0.29) is 46.5 Å². The van der Waals surface area contributed by atoms with Gasteiger partial charge in [0, 0.05) is 0 Å². The third kappa shape index (κ3) is 4.93. The second-order valence-electron chi connectivity index (χ2n) is 6.64. The first kappa shape index (κ1) is 22.3. The van der Waals surface area contributed by atoms with Crippen LogP contribution in [-0.4, -0.2) is 0 Å². The zero-order valence-corrected chi connectivity index (χ0v) is 16.7. The minimum absolute atomic E-state index is 0. The summed E-state index contributed by atoms with van der Waals surface area (Å²) in [5.41, 5.74) is 0. The molecule has 3 heteroatoms. The van der Waals surface area contributed by atoms with Gasteiger partial charge in [-0.2, -0.15) is 0 Å². The van der Waals surface area contributed by atoms with E-state index in [4.69, 9.17) is 0 Å². The molecule has 120 valence electrons. The van der Waals surface area contributed by atoms with Gasteiger partial charge in [-0.05, 0) is 99.7 Å². The molecule has 0 atom stereocenters. The average molecular weight is 383 g/mol. The summed E-state index contributed by atoms with van der Waals surface area (Å²) in [4.78, 5) is 0. The fourth-order valence-electron chi connectivity index (χ4n) is 4.30. The van der Waals surface area contributed by atoms with Crippen LogP contribution in [0.15, 0.2) is 0 Å². The average Bonchev–Trinajstić information content (AvgIpc) is 3.09. The molecule has 0 amide bonds. The SMILES string of the molecule is [CH]1[CH][C](CC[C]2[CH][CH][C]3CCCC[C]32)[C]2CCCC[C]12.[Cl-].[Cl-].[Ti+4]. The molecule has 10 radical (unpaired) electrons. The molecule has 0 nitrogen and oxygen atoms in total. The van der Waals surface area contributed by atoms with Crippen LogP contribution in [0.1, 0.15) is 64.2 Å². The van der Waals surface area contributed by atoms with Crippen LogP contribution in [0, 0.1) is 61.2 Å². The van der Waals surface area contributed by atoms with Gasteiger partial charge in [-0.25, -0.2) is 0 Å². The molecular weight excluding hydrogens is 359 g/mol. The Hall–Kier alpha value is 1.29. The van der Waals surface area contributed by atoms with Crippen LogP contribution in [0.2, 0.25) is 0 Å². The molecule has 0 spiro atoms. The fourth-order valence-corrected chi connectivity index (χ4v) is 4.30. The van der Waals surface area contributed by atoms with Crippen molar-refractivity contribution in [3.05, 3.63) is 61.2 Å². The van der Waals surface area contributed by atoms with Gasteiger partial charge in [-0.3, -0.25) is 0 Å². The Labute approximate surface area is 171 Å². The molecule has 0 N–H and O–H groups in total. The van der Waals surface area contributed by atoms with Crippen LogP contribution in [0.5, 0.6) is 0 Å². The predicted octanol–water partition coefficient (Wildman–Crippen LogP) is -0.789. The quantitative estimate of drug-likeness (QED) is 0.561. The number of rotatable bonds is 3. The third-order valence-electron chi connectivity index (χ3n) is 5.43. The van der Waals surface area contributed by atoms with E-state index < -0.39 is 0 Å². The summed E-state index contributed by atoms with van der Waals surface area (Å²) < 4.78 is 0. The normalized spacial score (nSPS) is 27.7. The number of hydrogen-bond donors (Lipinski definition) is 0. The van der Waals surface area contributed by atoms with E-state index >= 15 is 0 Å². The van der Waals surface area contributed by atoms with E-state index in [1.807, 2.05) is 0 Å². The molecule has 0 saturated heterocycles.